The standard InChI is InChI=1S/C38H41ClN9O6P/c1-54-30-21-23(11-12-26(30)43-38-41-22-25(39)34(45-38)42-27-8-4-5-10-31(27)55(2,3)53)47-19-17-46(18-20-47)16-15-40-28-9-6-7-24-33(28)37(52)48(36(24)51)29-13-14-32(49)44-35(29)50/h4-12,21-22,29,40H,13-20H2,1-3H3,(H,44,49,50)(H2,41,42,43,45). The Morgan fingerprint density at radius 3 is 2.44 bits per heavy atom. The summed E-state index contributed by atoms with van der Waals surface area (Å²) in [6.07, 6.45) is 1.68. The van der Waals surface area contributed by atoms with E-state index < -0.39 is 36.8 Å². The molecule has 55 heavy (non-hydrogen) atoms. The zero-order valence-corrected chi connectivity index (χ0v) is 32.2. The molecule has 1 unspecified atom stereocenters. The van der Waals surface area contributed by atoms with Gasteiger partial charge in [-0.2, -0.15) is 4.98 Å². The highest BCUT2D eigenvalue weighted by Crippen LogP contribution is 2.39. The van der Waals surface area contributed by atoms with Crippen molar-refractivity contribution in [2.75, 3.05) is 80.6 Å². The van der Waals surface area contributed by atoms with E-state index in [1.807, 2.05) is 42.5 Å². The molecule has 0 spiro atoms. The van der Waals surface area contributed by atoms with Crippen molar-refractivity contribution in [2.45, 2.75) is 18.9 Å². The van der Waals surface area contributed by atoms with Crippen LogP contribution in [0.25, 0.3) is 0 Å². The second kappa shape index (κ2) is 15.7. The summed E-state index contributed by atoms with van der Waals surface area (Å²) in [5.74, 6) is -0.819. The molecule has 0 bridgehead atoms. The van der Waals surface area contributed by atoms with E-state index in [0.717, 1.165) is 36.8 Å². The zero-order chi connectivity index (χ0) is 38.9. The fourth-order valence-electron chi connectivity index (χ4n) is 7.03. The lowest BCUT2D eigenvalue weighted by atomic mass is 10.0. The smallest absolute Gasteiger partial charge is 0.264 e. The molecule has 286 valence electrons. The molecule has 4 N–H and O–H groups in total. The predicted molar refractivity (Wildman–Crippen MR) is 212 cm³/mol. The summed E-state index contributed by atoms with van der Waals surface area (Å²) < 4.78 is 18.6. The summed E-state index contributed by atoms with van der Waals surface area (Å²) in [6.45, 7) is 7.86. The molecule has 0 aliphatic carbocycles. The number of carbonyl (C=O) groups excluding carboxylic acids is 4. The van der Waals surface area contributed by atoms with Crippen LogP contribution in [0.3, 0.4) is 0 Å². The number of halogens is 1. The van der Waals surface area contributed by atoms with Crippen molar-refractivity contribution < 1.29 is 28.5 Å². The molecule has 7 rings (SSSR count). The van der Waals surface area contributed by atoms with Gasteiger partial charge in [0.1, 0.15) is 24.0 Å². The number of nitrogens with one attached hydrogen (secondary N) is 4. The van der Waals surface area contributed by atoms with Crippen molar-refractivity contribution in [2.24, 2.45) is 0 Å². The zero-order valence-electron chi connectivity index (χ0n) is 30.6. The van der Waals surface area contributed by atoms with Crippen LogP contribution in [0.2, 0.25) is 5.02 Å². The molecule has 17 heteroatoms. The highest BCUT2D eigenvalue weighted by Gasteiger charge is 2.45. The number of anilines is 6. The van der Waals surface area contributed by atoms with Gasteiger partial charge in [-0.25, -0.2) is 4.98 Å². The highest BCUT2D eigenvalue weighted by molar-refractivity contribution is 7.70. The lowest BCUT2D eigenvalue weighted by molar-refractivity contribution is -0.136. The predicted octanol–water partition coefficient (Wildman–Crippen LogP) is 4.51. The third kappa shape index (κ3) is 8.00. The van der Waals surface area contributed by atoms with Crippen LogP contribution in [0.15, 0.2) is 66.9 Å². The summed E-state index contributed by atoms with van der Waals surface area (Å²) in [4.78, 5) is 65.2. The van der Waals surface area contributed by atoms with Gasteiger partial charge < -0.3 is 30.2 Å². The maximum Gasteiger partial charge on any atom is 0.264 e. The van der Waals surface area contributed by atoms with Crippen LogP contribution >= 0.6 is 18.7 Å². The SMILES string of the molecule is COc1cc(N2CCN(CCNc3cccc4c3C(=O)N(C3CCC(=O)NC3=O)C4=O)CC2)ccc1Nc1ncc(Cl)c(Nc2ccccc2P(C)(C)=O)n1. The lowest BCUT2D eigenvalue weighted by Gasteiger charge is -2.36. The van der Waals surface area contributed by atoms with Gasteiger partial charge in [0, 0.05) is 68.4 Å². The average Bonchev–Trinajstić information content (AvgIpc) is 3.42. The number of para-hydroxylation sites is 1. The number of hydrogen-bond donors (Lipinski definition) is 4. The highest BCUT2D eigenvalue weighted by atomic mass is 35.5. The van der Waals surface area contributed by atoms with Crippen LogP contribution in [-0.2, 0) is 14.2 Å². The molecule has 4 aromatic rings. The number of aromatic nitrogens is 2. The number of piperidine rings is 1. The Kier molecular flexibility index (Phi) is 10.8. The first kappa shape index (κ1) is 37.8. The Morgan fingerprint density at radius 2 is 1.69 bits per heavy atom. The van der Waals surface area contributed by atoms with Crippen LogP contribution in [-0.4, -0.2) is 109 Å². The maximum atomic E-state index is 13.4. The number of carbonyl (C=O) groups is 4. The third-order valence-electron chi connectivity index (χ3n) is 9.86. The van der Waals surface area contributed by atoms with Gasteiger partial charge in [-0.15, -0.1) is 0 Å². The number of hydrogen-bond acceptors (Lipinski definition) is 13. The molecule has 15 nitrogen and oxygen atoms in total. The van der Waals surface area contributed by atoms with Crippen molar-refractivity contribution in [1.29, 1.82) is 0 Å². The molecular weight excluding hydrogens is 745 g/mol. The van der Waals surface area contributed by atoms with Gasteiger partial charge in [-0.05, 0) is 56.1 Å². The second-order valence-corrected chi connectivity index (χ2v) is 17.4. The van der Waals surface area contributed by atoms with Gasteiger partial charge in [-0.3, -0.25) is 34.3 Å². The largest absolute Gasteiger partial charge is 0.494 e. The molecule has 1 atom stereocenters. The van der Waals surface area contributed by atoms with E-state index in [1.54, 1.807) is 38.6 Å². The van der Waals surface area contributed by atoms with Gasteiger partial charge in [0.25, 0.3) is 11.8 Å². The second-order valence-electron chi connectivity index (χ2n) is 13.8. The quantitative estimate of drug-likeness (QED) is 0.117. The number of nitrogens with zero attached hydrogens (tertiary/aromatic N) is 5. The van der Waals surface area contributed by atoms with E-state index in [1.165, 1.54) is 6.20 Å². The Labute approximate surface area is 323 Å². The van der Waals surface area contributed by atoms with E-state index in [-0.39, 0.29) is 24.0 Å². The topological polar surface area (TPSA) is 178 Å². The summed E-state index contributed by atoms with van der Waals surface area (Å²) in [6, 6.07) is 17.3. The Morgan fingerprint density at radius 1 is 0.927 bits per heavy atom. The van der Waals surface area contributed by atoms with E-state index in [0.29, 0.717) is 58.0 Å². The lowest BCUT2D eigenvalue weighted by Crippen LogP contribution is -2.54. The maximum absolute atomic E-state index is 13.4. The van der Waals surface area contributed by atoms with Gasteiger partial charge >= 0.3 is 0 Å². The molecule has 0 radical (unpaired) electrons. The molecule has 3 aliphatic heterocycles. The van der Waals surface area contributed by atoms with Crippen LogP contribution in [0, 0.1) is 0 Å². The molecular formula is C38H41ClN9O6P. The monoisotopic (exact) mass is 785 g/mol. The number of amides is 4. The Bertz CT molecular complexity index is 2220. The van der Waals surface area contributed by atoms with Gasteiger partial charge in [0.15, 0.2) is 5.82 Å². The minimum absolute atomic E-state index is 0.0687. The number of imide groups is 2. The molecule has 2 fully saturated rings. The summed E-state index contributed by atoms with van der Waals surface area (Å²) in [5.41, 5.74) is 3.37. The molecule has 1 aromatic heterocycles. The first-order valence-corrected chi connectivity index (χ1v) is 20.8. The molecule has 2 saturated heterocycles. The molecule has 3 aromatic carbocycles. The van der Waals surface area contributed by atoms with Crippen molar-refractivity contribution in [3.8, 4) is 5.75 Å². The van der Waals surface area contributed by atoms with Crippen molar-refractivity contribution in [3.05, 3.63) is 83.0 Å². The van der Waals surface area contributed by atoms with Crippen molar-refractivity contribution in [3.63, 3.8) is 0 Å². The Hall–Kier alpha value is -5.50. The normalized spacial score (nSPS) is 17.6. The van der Waals surface area contributed by atoms with Crippen LogP contribution < -0.4 is 36.2 Å². The van der Waals surface area contributed by atoms with Crippen molar-refractivity contribution >= 4 is 82.2 Å². The molecule has 4 amide bonds. The minimum Gasteiger partial charge on any atom is -0.494 e. The molecule has 4 heterocycles. The van der Waals surface area contributed by atoms with E-state index >= 15 is 0 Å². The van der Waals surface area contributed by atoms with Crippen LogP contribution in [0.1, 0.15) is 33.6 Å². The fraction of sp³-hybridized carbons (Fsp3) is 0.316. The number of fused-ring (bicyclic) bond motifs is 1. The fourth-order valence-corrected chi connectivity index (χ4v) is 8.33. The van der Waals surface area contributed by atoms with Gasteiger partial charge in [0.2, 0.25) is 17.8 Å². The molecule has 3 aliphatic rings. The summed E-state index contributed by atoms with van der Waals surface area (Å²) in [5, 5.41) is 13.0. The van der Waals surface area contributed by atoms with E-state index in [2.05, 4.69) is 41.0 Å². The van der Waals surface area contributed by atoms with Crippen molar-refractivity contribution in [1.82, 2.24) is 25.1 Å². The first-order chi connectivity index (χ1) is 26.4. The minimum atomic E-state index is -2.56. The Balaban J connectivity index is 0.941. The average molecular weight is 786 g/mol. The third-order valence-corrected chi connectivity index (χ3v) is 11.7. The summed E-state index contributed by atoms with van der Waals surface area (Å²) in [7, 11) is -0.960. The van der Waals surface area contributed by atoms with Crippen LogP contribution in [0.5, 0.6) is 5.75 Å². The van der Waals surface area contributed by atoms with E-state index in [4.69, 9.17) is 16.3 Å². The number of ether oxygens (including phenoxy) is 1. The number of rotatable bonds is 12. The summed E-state index contributed by atoms with van der Waals surface area (Å²) >= 11 is 6.45. The van der Waals surface area contributed by atoms with E-state index in [9.17, 15) is 23.7 Å². The molecule has 0 saturated carbocycles. The number of methoxy groups -OCH3 is 1. The number of benzene rings is 3. The van der Waals surface area contributed by atoms with Crippen LogP contribution in [0.4, 0.5) is 34.5 Å². The number of piperazine rings is 1. The van der Waals surface area contributed by atoms with Gasteiger partial charge in [0.05, 0.1) is 35.8 Å². The first-order valence-electron chi connectivity index (χ1n) is 17.9. The van der Waals surface area contributed by atoms with Gasteiger partial charge in [-0.1, -0.05) is 29.8 Å².